The summed E-state index contributed by atoms with van der Waals surface area (Å²) in [6.45, 7) is 2.52. The lowest BCUT2D eigenvalue weighted by Crippen LogP contribution is -2.44. The third-order valence-corrected chi connectivity index (χ3v) is 4.69. The Morgan fingerprint density at radius 2 is 2.14 bits per heavy atom. The van der Waals surface area contributed by atoms with E-state index in [0.29, 0.717) is 29.7 Å². The number of aryl methyl sites for hydroxylation is 1. The van der Waals surface area contributed by atoms with Gasteiger partial charge in [-0.3, -0.25) is 4.79 Å². The molecule has 5 nitrogen and oxygen atoms in total. The molecule has 1 aliphatic heterocycles. The van der Waals surface area contributed by atoms with Crippen molar-refractivity contribution in [2.45, 2.75) is 44.7 Å². The van der Waals surface area contributed by atoms with Crippen molar-refractivity contribution in [3.05, 3.63) is 28.8 Å². The highest BCUT2D eigenvalue weighted by Gasteiger charge is 2.37. The Morgan fingerprint density at radius 3 is 2.82 bits per heavy atom. The number of amides is 3. The zero-order valence-corrected chi connectivity index (χ0v) is 13.3. The van der Waals surface area contributed by atoms with Crippen molar-refractivity contribution < 1.29 is 9.59 Å². The van der Waals surface area contributed by atoms with Gasteiger partial charge in [0.15, 0.2) is 0 Å². The largest absolute Gasteiger partial charge is 0.338 e. The number of hydrogen-bond acceptors (Lipinski definition) is 2. The van der Waals surface area contributed by atoms with Crippen LogP contribution in [0.4, 0.5) is 10.5 Å². The van der Waals surface area contributed by atoms with Crippen LogP contribution in [0.5, 0.6) is 0 Å². The third kappa shape index (κ3) is 3.19. The van der Waals surface area contributed by atoms with Crippen LogP contribution in [0.2, 0.25) is 5.02 Å². The van der Waals surface area contributed by atoms with E-state index in [1.807, 2.05) is 17.9 Å². The molecule has 22 heavy (non-hydrogen) atoms. The van der Waals surface area contributed by atoms with E-state index in [0.717, 1.165) is 18.4 Å². The molecule has 0 radical (unpaired) electrons. The van der Waals surface area contributed by atoms with Crippen molar-refractivity contribution >= 4 is 29.2 Å². The summed E-state index contributed by atoms with van der Waals surface area (Å²) in [6, 6.07) is 5.34. The predicted octanol–water partition coefficient (Wildman–Crippen LogP) is 2.92. The molecule has 2 fully saturated rings. The maximum atomic E-state index is 12.1. The number of benzene rings is 1. The van der Waals surface area contributed by atoms with Crippen LogP contribution in [-0.2, 0) is 4.79 Å². The fourth-order valence-electron chi connectivity index (χ4n) is 2.95. The average molecular weight is 322 g/mol. The first-order valence-corrected chi connectivity index (χ1v) is 8.04. The first-order valence-electron chi connectivity index (χ1n) is 7.66. The molecule has 2 aliphatic rings. The SMILES string of the molecule is Cc1ccc(Cl)cc1NC(=O)NC1CC(=O)N(C2CCC2)C1. The molecule has 1 aromatic carbocycles. The molecule has 1 saturated heterocycles. The van der Waals surface area contributed by atoms with E-state index in [9.17, 15) is 9.59 Å². The first-order chi connectivity index (χ1) is 10.5. The minimum absolute atomic E-state index is 0.118. The van der Waals surface area contributed by atoms with Gasteiger partial charge >= 0.3 is 6.03 Å². The zero-order chi connectivity index (χ0) is 15.7. The first kappa shape index (κ1) is 15.2. The highest BCUT2D eigenvalue weighted by Crippen LogP contribution is 2.28. The maximum Gasteiger partial charge on any atom is 0.319 e. The van der Waals surface area contributed by atoms with E-state index in [2.05, 4.69) is 10.6 Å². The van der Waals surface area contributed by atoms with E-state index >= 15 is 0 Å². The number of nitrogens with one attached hydrogen (secondary N) is 2. The Labute approximate surface area is 135 Å². The summed E-state index contributed by atoms with van der Waals surface area (Å²) in [5.41, 5.74) is 1.63. The summed E-state index contributed by atoms with van der Waals surface area (Å²) in [5.74, 6) is 0.147. The molecular formula is C16H20ClN3O2. The molecule has 1 unspecified atom stereocenters. The summed E-state index contributed by atoms with van der Waals surface area (Å²) in [5, 5.41) is 6.26. The van der Waals surface area contributed by atoms with Gasteiger partial charge in [-0.2, -0.15) is 0 Å². The Kier molecular flexibility index (Phi) is 4.25. The van der Waals surface area contributed by atoms with E-state index in [4.69, 9.17) is 11.6 Å². The van der Waals surface area contributed by atoms with Gasteiger partial charge in [0.25, 0.3) is 0 Å². The number of urea groups is 1. The third-order valence-electron chi connectivity index (χ3n) is 4.46. The van der Waals surface area contributed by atoms with Gasteiger partial charge in [-0.15, -0.1) is 0 Å². The monoisotopic (exact) mass is 321 g/mol. The molecule has 0 aromatic heterocycles. The number of nitrogens with zero attached hydrogens (tertiary/aromatic N) is 1. The molecule has 1 heterocycles. The van der Waals surface area contributed by atoms with E-state index < -0.39 is 0 Å². The van der Waals surface area contributed by atoms with Crippen molar-refractivity contribution in [2.75, 3.05) is 11.9 Å². The number of rotatable bonds is 3. The summed E-state index contributed by atoms with van der Waals surface area (Å²) in [6.07, 6.45) is 3.76. The molecule has 1 saturated carbocycles. The topological polar surface area (TPSA) is 61.4 Å². The minimum Gasteiger partial charge on any atom is -0.338 e. The lowest BCUT2D eigenvalue weighted by atomic mass is 9.92. The maximum absolute atomic E-state index is 12.1. The van der Waals surface area contributed by atoms with Gasteiger partial charge in [0, 0.05) is 29.7 Å². The molecule has 0 spiro atoms. The Bertz CT molecular complexity index is 601. The van der Waals surface area contributed by atoms with Crippen molar-refractivity contribution in [3.63, 3.8) is 0 Å². The zero-order valence-electron chi connectivity index (χ0n) is 12.6. The smallest absolute Gasteiger partial charge is 0.319 e. The van der Waals surface area contributed by atoms with Crippen molar-refractivity contribution in [1.29, 1.82) is 0 Å². The van der Waals surface area contributed by atoms with Crippen LogP contribution in [0.3, 0.4) is 0 Å². The van der Waals surface area contributed by atoms with Crippen LogP contribution >= 0.6 is 11.6 Å². The summed E-state index contributed by atoms with van der Waals surface area (Å²) in [4.78, 5) is 26.0. The molecule has 1 atom stereocenters. The van der Waals surface area contributed by atoms with Gasteiger partial charge in [0.05, 0.1) is 6.04 Å². The number of halogens is 1. The standard InChI is InChI=1S/C16H20ClN3O2/c1-10-5-6-11(17)7-14(10)19-16(22)18-12-8-15(21)20(9-12)13-3-2-4-13/h5-7,12-13H,2-4,8-9H2,1H3,(H2,18,19,22). The lowest BCUT2D eigenvalue weighted by Gasteiger charge is -2.34. The van der Waals surface area contributed by atoms with Gasteiger partial charge in [0.1, 0.15) is 0 Å². The second kappa shape index (κ2) is 6.16. The van der Waals surface area contributed by atoms with Crippen molar-refractivity contribution in [2.24, 2.45) is 0 Å². The van der Waals surface area contributed by atoms with E-state index in [1.165, 1.54) is 6.42 Å². The van der Waals surface area contributed by atoms with Crippen LogP contribution in [0, 0.1) is 6.92 Å². The predicted molar refractivity (Wildman–Crippen MR) is 86.1 cm³/mol. The summed E-state index contributed by atoms with van der Waals surface area (Å²) < 4.78 is 0. The van der Waals surface area contributed by atoms with Crippen LogP contribution in [0.1, 0.15) is 31.2 Å². The molecule has 3 amide bonds. The molecule has 1 aliphatic carbocycles. The number of anilines is 1. The number of carbonyl (C=O) groups is 2. The van der Waals surface area contributed by atoms with Gasteiger partial charge in [0.2, 0.25) is 5.91 Å². The highest BCUT2D eigenvalue weighted by atomic mass is 35.5. The van der Waals surface area contributed by atoms with Crippen LogP contribution in [0.15, 0.2) is 18.2 Å². The minimum atomic E-state index is -0.293. The lowest BCUT2D eigenvalue weighted by molar-refractivity contribution is -0.131. The molecule has 2 N–H and O–H groups in total. The van der Waals surface area contributed by atoms with Gasteiger partial charge in [-0.05, 0) is 43.9 Å². The fourth-order valence-corrected chi connectivity index (χ4v) is 3.12. The van der Waals surface area contributed by atoms with Crippen LogP contribution < -0.4 is 10.6 Å². The Hall–Kier alpha value is -1.75. The van der Waals surface area contributed by atoms with Gasteiger partial charge < -0.3 is 15.5 Å². The van der Waals surface area contributed by atoms with Gasteiger partial charge in [-0.1, -0.05) is 17.7 Å². The molecule has 1 aromatic rings. The van der Waals surface area contributed by atoms with Crippen molar-refractivity contribution in [3.8, 4) is 0 Å². The normalized spacial score (nSPS) is 21.6. The summed E-state index contributed by atoms with van der Waals surface area (Å²) >= 11 is 5.94. The van der Waals surface area contributed by atoms with E-state index in [-0.39, 0.29) is 18.0 Å². The van der Waals surface area contributed by atoms with E-state index in [1.54, 1.807) is 12.1 Å². The quantitative estimate of drug-likeness (QED) is 0.899. The molecule has 0 bridgehead atoms. The Balaban J connectivity index is 1.56. The summed E-state index contributed by atoms with van der Waals surface area (Å²) in [7, 11) is 0. The average Bonchev–Trinajstić information content (AvgIpc) is 2.72. The number of hydrogen-bond donors (Lipinski definition) is 2. The molecule has 3 rings (SSSR count). The number of carbonyl (C=O) groups excluding carboxylic acids is 2. The molecular weight excluding hydrogens is 302 g/mol. The van der Waals surface area contributed by atoms with Crippen LogP contribution in [0.25, 0.3) is 0 Å². The highest BCUT2D eigenvalue weighted by molar-refractivity contribution is 6.31. The number of likely N-dealkylation sites (tertiary alicyclic amines) is 1. The van der Waals surface area contributed by atoms with Crippen LogP contribution in [-0.4, -0.2) is 35.5 Å². The fraction of sp³-hybridized carbons (Fsp3) is 0.500. The molecule has 6 heteroatoms. The second-order valence-corrected chi connectivity index (χ2v) is 6.53. The van der Waals surface area contributed by atoms with Gasteiger partial charge in [-0.25, -0.2) is 4.79 Å². The molecule has 118 valence electrons. The Morgan fingerprint density at radius 1 is 1.36 bits per heavy atom. The second-order valence-electron chi connectivity index (χ2n) is 6.09. The van der Waals surface area contributed by atoms with Crippen molar-refractivity contribution in [1.82, 2.24) is 10.2 Å².